The number of aromatic nitrogens is 1. The predicted molar refractivity (Wildman–Crippen MR) is 128 cm³/mol. The lowest BCUT2D eigenvalue weighted by molar-refractivity contribution is -0.118. The van der Waals surface area contributed by atoms with E-state index in [4.69, 9.17) is 23.2 Å². The summed E-state index contributed by atoms with van der Waals surface area (Å²) in [6.07, 6.45) is 1.65. The van der Waals surface area contributed by atoms with Crippen molar-refractivity contribution in [1.29, 1.82) is 0 Å². The molecular weight excluding hydrogens is 437 g/mol. The van der Waals surface area contributed by atoms with Gasteiger partial charge in [0.2, 0.25) is 5.91 Å². The minimum Gasteiger partial charge on any atom is -0.316 e. The lowest BCUT2D eigenvalue weighted by Crippen LogP contribution is -2.19. The SMILES string of the molecule is Cc1ccc(CSCC(=O)N/N=C\c2cc(C)n(-c3cc(Cl)ccc3Cl)c2C)cc1. The smallest absolute Gasteiger partial charge is 0.250 e. The van der Waals surface area contributed by atoms with Crippen molar-refractivity contribution in [3.8, 4) is 5.69 Å². The van der Waals surface area contributed by atoms with Gasteiger partial charge in [0.1, 0.15) is 0 Å². The highest BCUT2D eigenvalue weighted by Gasteiger charge is 2.12. The van der Waals surface area contributed by atoms with Crippen LogP contribution in [0.4, 0.5) is 0 Å². The molecule has 1 aromatic heterocycles. The van der Waals surface area contributed by atoms with Gasteiger partial charge in [0.05, 0.1) is 22.7 Å². The van der Waals surface area contributed by atoms with E-state index in [1.807, 2.05) is 30.5 Å². The first-order valence-corrected chi connectivity index (χ1v) is 11.4. The molecule has 0 fully saturated rings. The first-order valence-electron chi connectivity index (χ1n) is 9.44. The number of aryl methyl sites for hydroxylation is 2. The fraction of sp³-hybridized carbons (Fsp3) is 0.217. The van der Waals surface area contributed by atoms with Gasteiger partial charge in [0.25, 0.3) is 0 Å². The van der Waals surface area contributed by atoms with Crippen LogP contribution in [0.15, 0.2) is 53.6 Å². The number of nitrogens with zero attached hydrogens (tertiary/aromatic N) is 2. The highest BCUT2D eigenvalue weighted by Crippen LogP contribution is 2.28. The molecule has 1 heterocycles. The van der Waals surface area contributed by atoms with Gasteiger partial charge >= 0.3 is 0 Å². The van der Waals surface area contributed by atoms with E-state index in [1.165, 1.54) is 11.1 Å². The second-order valence-electron chi connectivity index (χ2n) is 7.03. The Bertz CT molecular complexity index is 1070. The number of thioether (sulfide) groups is 1. The van der Waals surface area contributed by atoms with Crippen molar-refractivity contribution in [2.45, 2.75) is 26.5 Å². The summed E-state index contributed by atoms with van der Waals surface area (Å²) >= 11 is 14.1. The standard InChI is InChI=1S/C23H23Cl2N3OS/c1-15-4-6-18(7-5-15)13-30-14-23(29)27-26-12-19-10-16(2)28(17(19)3)22-11-20(24)8-9-21(22)25/h4-12H,13-14H2,1-3H3,(H,27,29)/b26-12-. The second-order valence-corrected chi connectivity index (χ2v) is 8.86. The molecule has 0 unspecified atom stereocenters. The molecule has 0 spiro atoms. The van der Waals surface area contributed by atoms with Crippen LogP contribution in [-0.4, -0.2) is 22.4 Å². The summed E-state index contributed by atoms with van der Waals surface area (Å²) in [7, 11) is 0. The molecule has 1 N–H and O–H groups in total. The molecule has 3 rings (SSSR count). The Morgan fingerprint density at radius 3 is 2.57 bits per heavy atom. The summed E-state index contributed by atoms with van der Waals surface area (Å²) in [6, 6.07) is 15.7. The monoisotopic (exact) mass is 459 g/mol. The number of amides is 1. The molecular formula is C23H23Cl2N3OS. The quantitative estimate of drug-likeness (QED) is 0.343. The van der Waals surface area contributed by atoms with E-state index >= 15 is 0 Å². The highest BCUT2D eigenvalue weighted by molar-refractivity contribution is 7.99. The van der Waals surface area contributed by atoms with Gasteiger partial charge in [-0.3, -0.25) is 4.79 Å². The van der Waals surface area contributed by atoms with E-state index in [1.54, 1.807) is 30.1 Å². The summed E-state index contributed by atoms with van der Waals surface area (Å²) in [5.41, 5.74) is 8.70. The Labute approximate surface area is 191 Å². The summed E-state index contributed by atoms with van der Waals surface area (Å²) in [5, 5.41) is 5.35. The van der Waals surface area contributed by atoms with Gasteiger partial charge in [-0.25, -0.2) is 5.43 Å². The van der Waals surface area contributed by atoms with Crippen molar-refractivity contribution in [1.82, 2.24) is 9.99 Å². The van der Waals surface area contributed by atoms with E-state index in [-0.39, 0.29) is 5.91 Å². The Balaban J connectivity index is 1.59. The molecule has 3 aromatic rings. The topological polar surface area (TPSA) is 46.4 Å². The second kappa shape index (κ2) is 10.2. The Morgan fingerprint density at radius 1 is 1.10 bits per heavy atom. The molecule has 30 heavy (non-hydrogen) atoms. The third-order valence-electron chi connectivity index (χ3n) is 4.63. The summed E-state index contributed by atoms with van der Waals surface area (Å²) in [5.74, 6) is 1.01. The van der Waals surface area contributed by atoms with Crippen LogP contribution in [0.5, 0.6) is 0 Å². The van der Waals surface area contributed by atoms with E-state index < -0.39 is 0 Å². The van der Waals surface area contributed by atoms with Crippen molar-refractivity contribution in [3.05, 3.63) is 86.7 Å². The number of benzene rings is 2. The molecule has 0 saturated carbocycles. The van der Waals surface area contributed by atoms with Crippen molar-refractivity contribution in [3.63, 3.8) is 0 Å². The van der Waals surface area contributed by atoms with Gasteiger partial charge in [-0.15, -0.1) is 11.8 Å². The maximum Gasteiger partial charge on any atom is 0.250 e. The largest absolute Gasteiger partial charge is 0.316 e. The molecule has 0 bridgehead atoms. The lowest BCUT2D eigenvalue weighted by atomic mass is 10.2. The van der Waals surface area contributed by atoms with Crippen molar-refractivity contribution in [2.75, 3.05) is 5.75 Å². The van der Waals surface area contributed by atoms with Crippen LogP contribution in [0.2, 0.25) is 10.0 Å². The molecule has 7 heteroatoms. The zero-order chi connectivity index (χ0) is 21.7. The molecule has 2 aromatic carbocycles. The number of carbonyl (C=O) groups is 1. The summed E-state index contributed by atoms with van der Waals surface area (Å²) in [6.45, 7) is 6.02. The average molecular weight is 460 g/mol. The number of hydrogen-bond acceptors (Lipinski definition) is 3. The number of hydrazone groups is 1. The molecule has 0 aliphatic rings. The van der Waals surface area contributed by atoms with Crippen LogP contribution in [0, 0.1) is 20.8 Å². The molecule has 1 amide bonds. The summed E-state index contributed by atoms with van der Waals surface area (Å²) < 4.78 is 2.02. The van der Waals surface area contributed by atoms with Gasteiger partial charge in [0, 0.05) is 27.7 Å². The fourth-order valence-electron chi connectivity index (χ4n) is 3.10. The number of nitrogens with one attached hydrogen (secondary N) is 1. The van der Waals surface area contributed by atoms with Gasteiger partial charge in [0.15, 0.2) is 0 Å². The minimum atomic E-state index is -0.130. The number of halogens is 2. The van der Waals surface area contributed by atoms with Crippen molar-refractivity contribution < 1.29 is 4.79 Å². The van der Waals surface area contributed by atoms with Crippen LogP contribution in [0.1, 0.15) is 28.1 Å². The molecule has 0 aliphatic heterocycles. The number of rotatable bonds is 7. The molecule has 0 atom stereocenters. The van der Waals surface area contributed by atoms with Crippen LogP contribution < -0.4 is 5.43 Å². The molecule has 0 radical (unpaired) electrons. The van der Waals surface area contributed by atoms with Gasteiger partial charge in [-0.05, 0) is 50.6 Å². The number of hydrogen-bond donors (Lipinski definition) is 1. The third kappa shape index (κ3) is 5.69. The van der Waals surface area contributed by atoms with Gasteiger partial charge in [-0.2, -0.15) is 5.10 Å². The third-order valence-corrected chi connectivity index (χ3v) is 6.19. The fourth-order valence-corrected chi connectivity index (χ4v) is 4.25. The van der Waals surface area contributed by atoms with Crippen molar-refractivity contribution in [2.24, 2.45) is 5.10 Å². The zero-order valence-corrected chi connectivity index (χ0v) is 19.4. The minimum absolute atomic E-state index is 0.130. The molecule has 0 aliphatic carbocycles. The van der Waals surface area contributed by atoms with Gasteiger partial charge in [-0.1, -0.05) is 53.0 Å². The van der Waals surface area contributed by atoms with E-state index in [9.17, 15) is 4.79 Å². The Hall–Kier alpha value is -2.21. The number of carbonyl (C=O) groups excluding carboxylic acids is 1. The maximum absolute atomic E-state index is 12.1. The lowest BCUT2D eigenvalue weighted by Gasteiger charge is -2.12. The van der Waals surface area contributed by atoms with Crippen LogP contribution in [0.3, 0.4) is 0 Å². The van der Waals surface area contributed by atoms with Crippen LogP contribution in [-0.2, 0) is 10.5 Å². The Kier molecular flexibility index (Phi) is 7.64. The van der Waals surface area contributed by atoms with E-state index in [2.05, 4.69) is 41.7 Å². The van der Waals surface area contributed by atoms with E-state index in [0.717, 1.165) is 28.4 Å². The molecule has 4 nitrogen and oxygen atoms in total. The van der Waals surface area contributed by atoms with Crippen molar-refractivity contribution >= 4 is 47.1 Å². The van der Waals surface area contributed by atoms with Gasteiger partial charge < -0.3 is 4.57 Å². The summed E-state index contributed by atoms with van der Waals surface area (Å²) in [4.78, 5) is 12.1. The molecule has 0 saturated heterocycles. The predicted octanol–water partition coefficient (Wildman–Crippen LogP) is 6.09. The average Bonchev–Trinajstić information content (AvgIpc) is 2.99. The first-order chi connectivity index (χ1) is 14.3. The van der Waals surface area contributed by atoms with Crippen LogP contribution >= 0.6 is 35.0 Å². The van der Waals surface area contributed by atoms with Crippen LogP contribution in [0.25, 0.3) is 5.69 Å². The first kappa shape index (κ1) is 22.5. The maximum atomic E-state index is 12.1. The molecule has 156 valence electrons. The van der Waals surface area contributed by atoms with E-state index in [0.29, 0.717) is 15.8 Å². The Morgan fingerprint density at radius 2 is 1.83 bits per heavy atom. The normalized spacial score (nSPS) is 11.2. The zero-order valence-electron chi connectivity index (χ0n) is 17.1. The highest BCUT2D eigenvalue weighted by atomic mass is 35.5.